The molecule has 194 valence electrons. The number of amides is 2. The molecule has 0 saturated carbocycles. The van der Waals surface area contributed by atoms with Gasteiger partial charge in [-0.3, -0.25) is 14.6 Å². The Bertz CT molecular complexity index is 1230. The van der Waals surface area contributed by atoms with Crippen molar-refractivity contribution in [1.82, 2.24) is 15.2 Å². The van der Waals surface area contributed by atoms with Gasteiger partial charge >= 0.3 is 0 Å². The van der Waals surface area contributed by atoms with Crippen LogP contribution in [0.25, 0.3) is 0 Å². The Labute approximate surface area is 217 Å². The van der Waals surface area contributed by atoms with Gasteiger partial charge in [-0.15, -0.1) is 0 Å². The molecule has 2 aromatic carbocycles. The summed E-state index contributed by atoms with van der Waals surface area (Å²) >= 11 is 0. The van der Waals surface area contributed by atoms with E-state index in [4.69, 9.17) is 4.74 Å². The fourth-order valence-electron chi connectivity index (χ4n) is 4.70. The second kappa shape index (κ2) is 12.0. The van der Waals surface area contributed by atoms with Crippen LogP contribution < -0.4 is 10.1 Å². The van der Waals surface area contributed by atoms with Crippen LogP contribution >= 0.6 is 0 Å². The fourth-order valence-corrected chi connectivity index (χ4v) is 4.70. The van der Waals surface area contributed by atoms with E-state index in [1.165, 1.54) is 12.1 Å². The van der Waals surface area contributed by atoms with Gasteiger partial charge in [0.1, 0.15) is 11.6 Å². The highest BCUT2D eigenvalue weighted by Gasteiger charge is 2.33. The molecular weight excluding hydrogens is 469 g/mol. The lowest BCUT2D eigenvalue weighted by atomic mass is 9.87. The molecule has 1 aliphatic rings. The van der Waals surface area contributed by atoms with Gasteiger partial charge < -0.3 is 15.0 Å². The van der Waals surface area contributed by atoms with Gasteiger partial charge in [0, 0.05) is 37.8 Å². The van der Waals surface area contributed by atoms with Crippen LogP contribution in [0.5, 0.6) is 5.75 Å². The van der Waals surface area contributed by atoms with Crippen molar-refractivity contribution in [3.8, 4) is 5.75 Å². The molecule has 4 rings (SSSR count). The smallest absolute Gasteiger partial charge is 0.260 e. The van der Waals surface area contributed by atoms with Gasteiger partial charge in [-0.2, -0.15) is 0 Å². The van der Waals surface area contributed by atoms with Crippen molar-refractivity contribution in [2.45, 2.75) is 52.2 Å². The van der Waals surface area contributed by atoms with Crippen molar-refractivity contribution in [3.63, 3.8) is 0 Å². The summed E-state index contributed by atoms with van der Waals surface area (Å²) in [6.07, 6.45) is 2.78. The summed E-state index contributed by atoms with van der Waals surface area (Å²) < 4.78 is 20.2. The third kappa shape index (κ3) is 6.73. The minimum absolute atomic E-state index is 0.0434. The average molecular weight is 504 g/mol. The zero-order valence-electron chi connectivity index (χ0n) is 21.6. The van der Waals surface area contributed by atoms with Crippen LogP contribution in [0.15, 0.2) is 66.9 Å². The van der Waals surface area contributed by atoms with E-state index in [0.29, 0.717) is 38.1 Å². The Morgan fingerprint density at radius 1 is 1.11 bits per heavy atom. The van der Waals surface area contributed by atoms with E-state index < -0.39 is 12.1 Å². The molecule has 0 bridgehead atoms. The maximum atomic E-state index is 14.2. The molecule has 3 aromatic rings. The average Bonchev–Trinajstić information content (AvgIpc) is 2.88. The summed E-state index contributed by atoms with van der Waals surface area (Å²) in [5, 5.41) is 2.90. The van der Waals surface area contributed by atoms with Crippen LogP contribution in [0.4, 0.5) is 4.39 Å². The zero-order chi connectivity index (χ0) is 26.4. The summed E-state index contributed by atoms with van der Waals surface area (Å²) in [5.41, 5.74) is 3.61. The quantitative estimate of drug-likeness (QED) is 0.452. The summed E-state index contributed by atoms with van der Waals surface area (Å²) in [6.45, 7) is 6.76. The van der Waals surface area contributed by atoms with Crippen LogP contribution in [-0.4, -0.2) is 40.9 Å². The number of nitrogens with one attached hydrogen (secondary N) is 1. The third-order valence-electron chi connectivity index (χ3n) is 6.50. The number of hydrogen-bond donors (Lipinski definition) is 1. The fraction of sp³-hybridized carbons (Fsp3) is 0.367. The Morgan fingerprint density at radius 3 is 2.68 bits per heavy atom. The van der Waals surface area contributed by atoms with Crippen molar-refractivity contribution in [3.05, 3.63) is 95.1 Å². The van der Waals surface area contributed by atoms with Gasteiger partial charge in [0.15, 0.2) is 6.10 Å². The molecule has 2 atom stereocenters. The second-order valence-electron chi connectivity index (χ2n) is 9.88. The number of benzene rings is 2. The lowest BCUT2D eigenvalue weighted by Gasteiger charge is -2.38. The van der Waals surface area contributed by atoms with Crippen molar-refractivity contribution in [2.24, 2.45) is 5.92 Å². The minimum Gasteiger partial charge on any atom is -0.481 e. The van der Waals surface area contributed by atoms with E-state index >= 15 is 0 Å². The van der Waals surface area contributed by atoms with Crippen molar-refractivity contribution in [1.29, 1.82) is 0 Å². The first-order valence-electron chi connectivity index (χ1n) is 12.8. The second-order valence-corrected chi connectivity index (χ2v) is 9.88. The largest absolute Gasteiger partial charge is 0.481 e. The van der Waals surface area contributed by atoms with Crippen molar-refractivity contribution >= 4 is 11.8 Å². The maximum absolute atomic E-state index is 14.2. The van der Waals surface area contributed by atoms with Gasteiger partial charge in [0.05, 0.1) is 6.04 Å². The third-order valence-corrected chi connectivity index (χ3v) is 6.50. The lowest BCUT2D eigenvalue weighted by Crippen LogP contribution is -2.41. The number of ether oxygens (including phenoxy) is 1. The Kier molecular flexibility index (Phi) is 8.54. The highest BCUT2D eigenvalue weighted by Crippen LogP contribution is 2.38. The van der Waals surface area contributed by atoms with E-state index in [9.17, 15) is 14.0 Å². The van der Waals surface area contributed by atoms with E-state index in [0.717, 1.165) is 22.4 Å². The van der Waals surface area contributed by atoms with Crippen molar-refractivity contribution < 1.29 is 18.7 Å². The number of halogens is 1. The van der Waals surface area contributed by atoms with Gasteiger partial charge in [0.25, 0.3) is 5.91 Å². The monoisotopic (exact) mass is 503 g/mol. The summed E-state index contributed by atoms with van der Waals surface area (Å²) in [5.74, 6) is 0.231. The number of fused-ring (bicyclic) bond motifs is 1. The molecule has 2 heterocycles. The molecule has 0 fully saturated rings. The number of nitrogens with zero attached hydrogens (tertiary/aromatic N) is 2. The molecule has 2 amide bonds. The normalized spacial score (nSPS) is 15.7. The molecule has 0 saturated heterocycles. The molecule has 0 radical (unpaired) electrons. The van der Waals surface area contributed by atoms with Crippen LogP contribution in [0, 0.1) is 11.7 Å². The van der Waals surface area contributed by atoms with Crippen LogP contribution in [0.3, 0.4) is 0 Å². The van der Waals surface area contributed by atoms with Crippen LogP contribution in [-0.2, 0) is 22.4 Å². The van der Waals surface area contributed by atoms with E-state index in [-0.39, 0.29) is 23.5 Å². The molecule has 6 nitrogen and oxygen atoms in total. The first kappa shape index (κ1) is 26.3. The molecule has 0 unspecified atom stereocenters. The van der Waals surface area contributed by atoms with E-state index in [2.05, 4.69) is 10.3 Å². The predicted octanol–water partition coefficient (Wildman–Crippen LogP) is 4.87. The molecule has 7 heteroatoms. The molecule has 1 aromatic heterocycles. The van der Waals surface area contributed by atoms with Gasteiger partial charge in [-0.05, 0) is 72.4 Å². The van der Waals surface area contributed by atoms with Crippen LogP contribution in [0.2, 0.25) is 0 Å². The first-order chi connectivity index (χ1) is 17.8. The first-order valence-corrected chi connectivity index (χ1v) is 12.8. The molecule has 1 N–H and O–H groups in total. The summed E-state index contributed by atoms with van der Waals surface area (Å²) in [7, 11) is 0. The van der Waals surface area contributed by atoms with Gasteiger partial charge in [-0.25, -0.2) is 4.39 Å². The van der Waals surface area contributed by atoms with E-state index in [1.807, 2.05) is 61.2 Å². The highest BCUT2D eigenvalue weighted by atomic mass is 19.1. The Morgan fingerprint density at radius 2 is 1.95 bits per heavy atom. The van der Waals surface area contributed by atoms with Crippen LogP contribution in [0.1, 0.15) is 55.6 Å². The molecule has 0 aliphatic carbocycles. The number of aromatic nitrogens is 1. The number of rotatable bonds is 9. The van der Waals surface area contributed by atoms with Crippen molar-refractivity contribution in [2.75, 3.05) is 13.1 Å². The summed E-state index contributed by atoms with van der Waals surface area (Å²) in [4.78, 5) is 31.9. The topological polar surface area (TPSA) is 71.5 Å². The zero-order valence-corrected chi connectivity index (χ0v) is 21.6. The Balaban J connectivity index is 1.52. The Hall–Kier alpha value is -3.74. The molecule has 1 aliphatic heterocycles. The number of carbonyl (C=O) groups excluding carboxylic acids is 2. The van der Waals surface area contributed by atoms with Gasteiger partial charge in [-0.1, -0.05) is 38.1 Å². The predicted molar refractivity (Wildman–Crippen MR) is 141 cm³/mol. The van der Waals surface area contributed by atoms with E-state index in [1.54, 1.807) is 19.2 Å². The SMILES string of the molecule is CC(C)CC(=O)N1CCc2ccc(O[C@@H](C)C(=O)NCCc3ccccn3)cc2[C@H]1c1cccc(F)c1. The molecular formula is C30H34FN3O3. The minimum atomic E-state index is -0.711. The van der Waals surface area contributed by atoms with Gasteiger partial charge in [0.2, 0.25) is 5.91 Å². The molecule has 37 heavy (non-hydrogen) atoms. The maximum Gasteiger partial charge on any atom is 0.260 e. The number of hydrogen-bond acceptors (Lipinski definition) is 4. The summed E-state index contributed by atoms with van der Waals surface area (Å²) in [6, 6.07) is 17.4. The number of pyridine rings is 1. The highest BCUT2D eigenvalue weighted by molar-refractivity contribution is 5.80. The number of carbonyl (C=O) groups is 2. The molecule has 0 spiro atoms. The standard InChI is InChI=1S/C30H34FN3O3/c1-20(2)17-28(35)34-16-13-22-10-11-26(19-27(22)29(34)23-7-6-8-24(31)18-23)37-21(3)30(36)33-15-12-25-9-4-5-14-32-25/h4-11,14,18-21,29H,12-13,15-17H2,1-3H3,(H,33,36)/t21-,29+/m0/s1. The lowest BCUT2D eigenvalue weighted by molar-refractivity contribution is -0.134.